The summed E-state index contributed by atoms with van der Waals surface area (Å²) in [6.07, 6.45) is 0. The van der Waals surface area contributed by atoms with Crippen LogP contribution in [0.2, 0.25) is 0 Å². The van der Waals surface area contributed by atoms with E-state index in [1.807, 2.05) is 0 Å². The van der Waals surface area contributed by atoms with Gasteiger partial charge in [-0.25, -0.2) is 0 Å². The fourth-order valence-corrected chi connectivity index (χ4v) is 1.43. The quantitative estimate of drug-likeness (QED) is 0.354. The summed E-state index contributed by atoms with van der Waals surface area (Å²) < 4.78 is 0. The molecule has 23 heavy (non-hydrogen) atoms. The number of rotatable bonds is 6. The first-order valence-electron chi connectivity index (χ1n) is 6.53. The Hall–Kier alpha value is -1.86. The van der Waals surface area contributed by atoms with E-state index < -0.39 is 12.1 Å². The summed E-state index contributed by atoms with van der Waals surface area (Å²) in [5.74, 6) is -0.700. The molecule has 0 spiro atoms. The molecular formula is C14H26CuN2O6+4. The van der Waals surface area contributed by atoms with Gasteiger partial charge in [0.05, 0.1) is 0 Å². The van der Waals surface area contributed by atoms with Gasteiger partial charge in [-0.3, -0.25) is 28.8 Å². The van der Waals surface area contributed by atoms with Crippen molar-refractivity contribution in [1.82, 2.24) is 10.6 Å². The van der Waals surface area contributed by atoms with Crippen LogP contribution >= 0.6 is 0 Å². The van der Waals surface area contributed by atoms with Crippen molar-refractivity contribution < 1.29 is 45.8 Å². The summed E-state index contributed by atoms with van der Waals surface area (Å²) in [7, 11) is 0. The minimum Gasteiger partial charge on any atom is -0.331 e. The molecule has 9 heteroatoms. The van der Waals surface area contributed by atoms with Crippen molar-refractivity contribution in [3.05, 3.63) is 0 Å². The summed E-state index contributed by atoms with van der Waals surface area (Å²) in [4.78, 5) is 56.8. The molecule has 135 valence electrons. The van der Waals surface area contributed by atoms with Crippen molar-refractivity contribution in [2.75, 3.05) is 0 Å². The molecule has 0 aliphatic heterocycles. The van der Waals surface area contributed by atoms with Gasteiger partial charge in [-0.2, -0.15) is 0 Å². The first-order chi connectivity index (χ1) is 9.89. The Morgan fingerprint density at radius 3 is 0.826 bits per heavy atom. The molecule has 0 bridgehead atoms. The predicted molar refractivity (Wildman–Crippen MR) is 85.7 cm³/mol. The second kappa shape index (κ2) is 12.7. The molecule has 2 amide bonds. The normalized spacial score (nSPS) is 11.4. The number of hydrogen-bond acceptors (Lipinski definition) is 2. The molecule has 0 aromatic carbocycles. The largest absolute Gasteiger partial charge is 0.331 e. The van der Waals surface area contributed by atoms with Gasteiger partial charge in [-0.05, 0) is 0 Å². The standard InChI is InChI=1S/2C7H11NO3.Cu/c2*1-4(9)7(5(2)10)8-6(3)11;/h2*7H,1-3H3,(H,8,11);/p+4. The van der Waals surface area contributed by atoms with Crippen LogP contribution in [0, 0.1) is 0 Å². The van der Waals surface area contributed by atoms with Gasteiger partial charge in [0.15, 0.2) is 0 Å². The summed E-state index contributed by atoms with van der Waals surface area (Å²) >= 11 is 0. The van der Waals surface area contributed by atoms with Crippen LogP contribution in [-0.4, -0.2) is 66.2 Å². The van der Waals surface area contributed by atoms with Crippen molar-refractivity contribution in [2.45, 2.75) is 53.6 Å². The molecule has 0 saturated carbocycles. The molecule has 1 radical (unpaired) electrons. The topological polar surface area (TPSA) is 144 Å². The van der Waals surface area contributed by atoms with Crippen LogP contribution in [0.4, 0.5) is 0 Å². The van der Waals surface area contributed by atoms with Crippen LogP contribution in [0.1, 0.15) is 41.5 Å². The van der Waals surface area contributed by atoms with E-state index in [1.165, 1.54) is 41.5 Å². The maximum Gasteiger partial charge on any atom is 0.325 e. The third kappa shape index (κ3) is 13.5. The average Bonchev–Trinajstić information content (AvgIpc) is 2.32. The second-order valence-corrected chi connectivity index (χ2v) is 4.83. The summed E-state index contributed by atoms with van der Waals surface area (Å²) in [5, 5.41) is 4.73. The Balaban J connectivity index is -0.000000333. The molecule has 0 saturated heterocycles. The number of hydrogen-bond donors (Lipinski definition) is 2. The van der Waals surface area contributed by atoms with E-state index in [4.69, 9.17) is 19.2 Å². The molecule has 0 rings (SSSR count). The zero-order valence-electron chi connectivity index (χ0n) is 14.1. The SMILES string of the molecule is CC(=O)NC(C(C)=[OH+])C(C)=[OH+].CC(=O)NC(C(C)=[OH+])C(C)=[OH+].[Cu]. The summed E-state index contributed by atoms with van der Waals surface area (Å²) in [5.41, 5.74) is 0. The minimum atomic E-state index is -0.743. The monoisotopic (exact) mass is 381 g/mol. The van der Waals surface area contributed by atoms with E-state index in [-0.39, 0.29) is 52.0 Å². The Labute approximate surface area is 145 Å². The van der Waals surface area contributed by atoms with Gasteiger partial charge >= 0.3 is 23.1 Å². The van der Waals surface area contributed by atoms with Crippen molar-refractivity contribution in [1.29, 1.82) is 0 Å². The smallest absolute Gasteiger partial charge is 0.325 e. The molecule has 0 atom stereocenters. The molecule has 0 aromatic heterocycles. The Bertz CT molecular complexity index is 418. The van der Waals surface area contributed by atoms with Crippen molar-refractivity contribution in [3.63, 3.8) is 0 Å². The zero-order chi connectivity index (χ0) is 18.0. The molecule has 0 aliphatic rings. The molecule has 0 heterocycles. The maximum atomic E-state index is 10.5. The van der Waals surface area contributed by atoms with Gasteiger partial charge in [0, 0.05) is 58.6 Å². The van der Waals surface area contributed by atoms with Gasteiger partial charge in [-0.15, -0.1) is 0 Å². The molecule has 6 N–H and O–H groups in total. The molecule has 0 fully saturated rings. The third-order valence-electron chi connectivity index (χ3n) is 2.37. The number of carbonyl (C=O) groups excluding carboxylic acids is 6. The van der Waals surface area contributed by atoms with Crippen LogP contribution < -0.4 is 10.6 Å². The van der Waals surface area contributed by atoms with Crippen molar-refractivity contribution in [2.24, 2.45) is 0 Å². The number of carbonyl (C=O) groups is 2. The predicted octanol–water partition coefficient (Wildman–Crippen LogP) is -0.761. The van der Waals surface area contributed by atoms with E-state index >= 15 is 0 Å². The van der Waals surface area contributed by atoms with Gasteiger partial charge in [0.1, 0.15) is 0 Å². The fourth-order valence-electron chi connectivity index (χ4n) is 1.43. The van der Waals surface area contributed by atoms with Crippen molar-refractivity contribution >= 4 is 34.9 Å². The molecule has 8 nitrogen and oxygen atoms in total. The van der Waals surface area contributed by atoms with Crippen LogP contribution in [0.3, 0.4) is 0 Å². The fraction of sp³-hybridized carbons (Fsp3) is 0.571. The number of nitrogens with one attached hydrogen (secondary N) is 2. The molecule has 0 aliphatic carbocycles. The average molecular weight is 382 g/mol. The van der Waals surface area contributed by atoms with Crippen LogP contribution in [0.5, 0.6) is 0 Å². The van der Waals surface area contributed by atoms with Crippen LogP contribution in [0.25, 0.3) is 0 Å². The zero-order valence-corrected chi connectivity index (χ0v) is 15.0. The van der Waals surface area contributed by atoms with Gasteiger partial charge < -0.3 is 10.6 Å². The van der Waals surface area contributed by atoms with E-state index in [9.17, 15) is 9.59 Å². The molecule has 0 unspecified atom stereocenters. The van der Waals surface area contributed by atoms with Gasteiger partial charge in [0.2, 0.25) is 23.9 Å². The summed E-state index contributed by atoms with van der Waals surface area (Å²) in [6.45, 7) is 8.30. The number of ketones is 4. The van der Waals surface area contributed by atoms with Crippen molar-refractivity contribution in [3.8, 4) is 0 Å². The van der Waals surface area contributed by atoms with Gasteiger partial charge in [-0.1, -0.05) is 0 Å². The van der Waals surface area contributed by atoms with E-state index in [0.717, 1.165) is 0 Å². The van der Waals surface area contributed by atoms with E-state index in [1.54, 1.807) is 0 Å². The first-order valence-corrected chi connectivity index (χ1v) is 6.53. The van der Waals surface area contributed by atoms with E-state index in [2.05, 4.69) is 10.6 Å². The number of amides is 2. The maximum absolute atomic E-state index is 10.5. The minimum absolute atomic E-state index is 0. The first kappa shape index (κ1) is 26.1. The van der Waals surface area contributed by atoms with Gasteiger partial charge in [0.25, 0.3) is 0 Å². The van der Waals surface area contributed by atoms with Crippen LogP contribution in [-0.2, 0) is 26.7 Å². The summed E-state index contributed by atoms with van der Waals surface area (Å²) in [6, 6.07) is -1.49. The Kier molecular flexibility index (Phi) is 14.3. The molecular weight excluding hydrogens is 356 g/mol. The van der Waals surface area contributed by atoms with E-state index in [0.29, 0.717) is 0 Å². The second-order valence-electron chi connectivity index (χ2n) is 4.83. The Morgan fingerprint density at radius 1 is 0.609 bits per heavy atom. The molecule has 0 aromatic rings. The van der Waals surface area contributed by atoms with Crippen LogP contribution in [0.15, 0.2) is 0 Å². The Morgan fingerprint density at radius 2 is 0.783 bits per heavy atom. The third-order valence-corrected chi connectivity index (χ3v) is 2.37.